The van der Waals surface area contributed by atoms with Crippen molar-refractivity contribution in [3.05, 3.63) is 60.4 Å². The summed E-state index contributed by atoms with van der Waals surface area (Å²) in [7, 11) is 0. The first kappa shape index (κ1) is 10.3. The van der Waals surface area contributed by atoms with E-state index in [2.05, 4.69) is 41.3 Å². The predicted octanol–water partition coefficient (Wildman–Crippen LogP) is 2.01. The highest BCUT2D eigenvalue weighted by atomic mass is 15.5. The van der Waals surface area contributed by atoms with E-state index in [-0.39, 0.29) is 0 Å². The number of para-hydroxylation sites is 1. The number of aryl methyl sites for hydroxylation is 1. The van der Waals surface area contributed by atoms with Gasteiger partial charge in [0.2, 0.25) is 0 Å². The quantitative estimate of drug-likeness (QED) is 0.483. The van der Waals surface area contributed by atoms with Gasteiger partial charge >= 0.3 is 0 Å². The molecular formula is C15H12N4. The third-order valence-corrected chi connectivity index (χ3v) is 3.32. The zero-order chi connectivity index (χ0) is 12.8. The van der Waals surface area contributed by atoms with Gasteiger partial charge in [0.1, 0.15) is 11.8 Å². The van der Waals surface area contributed by atoms with E-state index in [4.69, 9.17) is 0 Å². The van der Waals surface area contributed by atoms with Gasteiger partial charge in [-0.05, 0) is 19.1 Å². The van der Waals surface area contributed by atoms with Crippen molar-refractivity contribution < 1.29 is 4.52 Å². The summed E-state index contributed by atoms with van der Waals surface area (Å²) in [5.41, 5.74) is 4.34. The molecule has 2 aromatic heterocycles. The van der Waals surface area contributed by atoms with E-state index in [0.717, 1.165) is 22.4 Å². The number of fused-ring (bicyclic) bond motifs is 3. The molecule has 0 saturated carbocycles. The molecule has 19 heavy (non-hydrogen) atoms. The molecule has 0 saturated heterocycles. The van der Waals surface area contributed by atoms with Crippen molar-refractivity contribution in [2.75, 3.05) is 0 Å². The molecule has 0 unspecified atom stereocenters. The van der Waals surface area contributed by atoms with Crippen LogP contribution in [0.2, 0.25) is 0 Å². The monoisotopic (exact) mass is 248 g/mol. The van der Waals surface area contributed by atoms with Crippen LogP contribution in [0.5, 0.6) is 0 Å². The van der Waals surface area contributed by atoms with Crippen molar-refractivity contribution >= 4 is 11.0 Å². The topological polar surface area (TPSA) is 35.5 Å². The molecule has 2 aromatic carbocycles. The molecule has 0 spiro atoms. The highest BCUT2D eigenvalue weighted by Gasteiger charge is 2.10. The molecule has 0 N–H and O–H groups in total. The Hall–Kier alpha value is -2.62. The van der Waals surface area contributed by atoms with Crippen molar-refractivity contribution in [3.63, 3.8) is 0 Å². The maximum absolute atomic E-state index is 4.59. The lowest BCUT2D eigenvalue weighted by molar-refractivity contribution is -0.593. The Bertz CT molecular complexity index is 868. The average molecular weight is 248 g/mol. The summed E-state index contributed by atoms with van der Waals surface area (Å²) >= 11 is 0. The summed E-state index contributed by atoms with van der Waals surface area (Å²) in [6.45, 7) is 2.08. The smallest absolute Gasteiger partial charge is 0.181 e. The summed E-state index contributed by atoms with van der Waals surface area (Å²) in [5.74, 6) is 0.858. The lowest BCUT2D eigenvalue weighted by Gasteiger charge is -1.98. The molecule has 4 heteroatoms. The number of hydrogen-bond donors (Lipinski definition) is 0. The van der Waals surface area contributed by atoms with Crippen LogP contribution in [-0.4, -0.2) is 9.61 Å². The fourth-order valence-corrected chi connectivity index (χ4v) is 2.31. The van der Waals surface area contributed by atoms with Crippen LogP contribution >= 0.6 is 0 Å². The first-order valence-corrected chi connectivity index (χ1v) is 6.21. The predicted molar refractivity (Wildman–Crippen MR) is 71.8 cm³/mol. The Labute approximate surface area is 109 Å². The van der Waals surface area contributed by atoms with Crippen molar-refractivity contribution in [2.24, 2.45) is 0 Å². The maximum atomic E-state index is 4.59. The molecule has 0 amide bonds. The van der Waals surface area contributed by atoms with Crippen LogP contribution in [0.3, 0.4) is 0 Å². The van der Waals surface area contributed by atoms with Crippen LogP contribution in [0.25, 0.3) is 22.4 Å². The number of benzene rings is 2. The molecule has 0 aliphatic heterocycles. The van der Waals surface area contributed by atoms with Crippen LogP contribution in [0.1, 0.15) is 5.56 Å². The van der Waals surface area contributed by atoms with Gasteiger partial charge < -0.3 is 0 Å². The molecule has 4 aromatic rings. The molecule has 0 bridgehead atoms. The molecule has 2 heterocycles. The molecule has 0 aliphatic carbocycles. The van der Waals surface area contributed by atoms with E-state index in [1.54, 1.807) is 0 Å². The van der Waals surface area contributed by atoms with Gasteiger partial charge in [-0.1, -0.05) is 42.0 Å². The standard InChI is InChI=1S/C15H12N4/c1-11-6-8-12(9-7-11)15-16-10-18-14-5-3-2-4-13(14)17-19(15)18/h2-10H,1H3. The van der Waals surface area contributed by atoms with Gasteiger partial charge in [-0.2, -0.15) is 0 Å². The third-order valence-electron chi connectivity index (χ3n) is 3.32. The van der Waals surface area contributed by atoms with Crippen LogP contribution < -0.4 is 9.61 Å². The number of aromatic nitrogens is 4. The van der Waals surface area contributed by atoms with E-state index in [0.29, 0.717) is 0 Å². The summed E-state index contributed by atoms with van der Waals surface area (Å²) in [4.78, 5) is 4.47. The van der Waals surface area contributed by atoms with Crippen LogP contribution in [-0.2, 0) is 0 Å². The molecule has 0 fully saturated rings. The highest BCUT2D eigenvalue weighted by Crippen LogP contribution is 2.16. The largest absolute Gasteiger partial charge is 0.218 e. The summed E-state index contributed by atoms with van der Waals surface area (Å²) < 4.78 is 3.81. The Morgan fingerprint density at radius 1 is 1.05 bits per heavy atom. The van der Waals surface area contributed by atoms with Crippen molar-refractivity contribution in [3.8, 4) is 11.4 Å². The lowest BCUT2D eigenvalue weighted by Crippen LogP contribution is -2.25. The van der Waals surface area contributed by atoms with Crippen LogP contribution in [0.4, 0.5) is 0 Å². The zero-order valence-electron chi connectivity index (χ0n) is 10.5. The summed E-state index contributed by atoms with van der Waals surface area (Å²) in [6.07, 6.45) is 1.81. The molecule has 4 nitrogen and oxygen atoms in total. The van der Waals surface area contributed by atoms with E-state index in [1.807, 2.05) is 39.7 Å². The van der Waals surface area contributed by atoms with Crippen molar-refractivity contribution in [1.29, 1.82) is 0 Å². The van der Waals surface area contributed by atoms with Crippen LogP contribution in [0, 0.1) is 6.92 Å². The first-order chi connectivity index (χ1) is 9.33. The van der Waals surface area contributed by atoms with Gasteiger partial charge in [0.15, 0.2) is 5.82 Å². The second-order valence-corrected chi connectivity index (χ2v) is 4.66. The maximum Gasteiger partial charge on any atom is 0.181 e. The second kappa shape index (κ2) is 3.68. The molecule has 0 atom stereocenters. The minimum absolute atomic E-state index is 0.858. The number of hydrogen-bond acceptors (Lipinski definition) is 1. The van der Waals surface area contributed by atoms with E-state index >= 15 is 0 Å². The number of nitrogens with zero attached hydrogens (tertiary/aromatic N) is 4. The Morgan fingerprint density at radius 3 is 2.68 bits per heavy atom. The van der Waals surface area contributed by atoms with Crippen LogP contribution in [0.15, 0.2) is 54.9 Å². The summed E-state index contributed by atoms with van der Waals surface area (Å²) in [6, 6.07) is 16.4. The molecular weight excluding hydrogens is 236 g/mol. The minimum Gasteiger partial charge on any atom is -0.218 e. The van der Waals surface area contributed by atoms with E-state index < -0.39 is 0 Å². The van der Waals surface area contributed by atoms with E-state index in [9.17, 15) is 0 Å². The lowest BCUT2D eigenvalue weighted by atomic mass is 10.1. The number of rotatable bonds is 1. The average Bonchev–Trinajstić information content (AvgIpc) is 2.98. The zero-order valence-corrected chi connectivity index (χ0v) is 10.5. The molecule has 0 radical (unpaired) electrons. The first-order valence-electron chi connectivity index (χ1n) is 6.21. The minimum atomic E-state index is 0.858. The SMILES string of the molecule is Cc1ccc(-c2nc[n+]3c4ccccc4[n-]n23)cc1. The second-order valence-electron chi connectivity index (χ2n) is 4.66. The van der Waals surface area contributed by atoms with Gasteiger partial charge in [0.25, 0.3) is 0 Å². The summed E-state index contributed by atoms with van der Waals surface area (Å²) in [5, 5.41) is 4.59. The van der Waals surface area contributed by atoms with Gasteiger partial charge in [-0.15, -0.1) is 9.73 Å². The third kappa shape index (κ3) is 1.46. The van der Waals surface area contributed by atoms with Gasteiger partial charge in [0.05, 0.1) is 5.52 Å². The highest BCUT2D eigenvalue weighted by molar-refractivity contribution is 5.70. The van der Waals surface area contributed by atoms with Crippen molar-refractivity contribution in [2.45, 2.75) is 6.92 Å². The Kier molecular flexibility index (Phi) is 2.00. The molecule has 0 aliphatic rings. The molecule has 4 rings (SSSR count). The van der Waals surface area contributed by atoms with Gasteiger partial charge in [-0.3, -0.25) is 0 Å². The molecule has 92 valence electrons. The normalized spacial score (nSPS) is 11.4. The van der Waals surface area contributed by atoms with E-state index in [1.165, 1.54) is 5.56 Å². The van der Waals surface area contributed by atoms with Gasteiger partial charge in [0, 0.05) is 5.56 Å². The van der Waals surface area contributed by atoms with Crippen molar-refractivity contribution in [1.82, 2.24) is 14.7 Å². The van der Waals surface area contributed by atoms with Gasteiger partial charge in [-0.25, -0.2) is 9.50 Å². The fourth-order valence-electron chi connectivity index (χ4n) is 2.31. The fraction of sp³-hybridized carbons (Fsp3) is 0.0667. The Balaban J connectivity index is 2.02. The Morgan fingerprint density at radius 2 is 1.84 bits per heavy atom.